The predicted molar refractivity (Wildman–Crippen MR) is 130 cm³/mol. The first-order valence-corrected chi connectivity index (χ1v) is 11.1. The van der Waals surface area contributed by atoms with Crippen LogP contribution in [0.3, 0.4) is 0 Å². The molecule has 0 radical (unpaired) electrons. The van der Waals surface area contributed by atoms with E-state index < -0.39 is 17.5 Å². The van der Waals surface area contributed by atoms with Crippen molar-refractivity contribution >= 4 is 45.4 Å². The highest BCUT2D eigenvalue weighted by Gasteiger charge is 2.32. The quantitative estimate of drug-likeness (QED) is 0.404. The fourth-order valence-corrected chi connectivity index (χ4v) is 4.23. The summed E-state index contributed by atoms with van der Waals surface area (Å²) in [5.74, 6) is -1.67. The molecule has 0 atom stereocenters. The van der Waals surface area contributed by atoms with E-state index in [9.17, 15) is 14.4 Å². The van der Waals surface area contributed by atoms with Crippen molar-refractivity contribution in [2.24, 2.45) is 0 Å². The molecule has 1 aromatic heterocycles. The van der Waals surface area contributed by atoms with E-state index in [1.54, 1.807) is 11.0 Å². The van der Waals surface area contributed by atoms with E-state index in [1.165, 1.54) is 14.2 Å². The summed E-state index contributed by atoms with van der Waals surface area (Å²) in [7, 11) is 2.50. The van der Waals surface area contributed by atoms with Crippen molar-refractivity contribution in [1.82, 2.24) is 4.57 Å². The van der Waals surface area contributed by atoms with Crippen molar-refractivity contribution in [3.8, 4) is 0 Å². The Hall–Kier alpha value is -3.85. The van der Waals surface area contributed by atoms with Gasteiger partial charge in [0.2, 0.25) is 0 Å². The van der Waals surface area contributed by atoms with Gasteiger partial charge in [-0.3, -0.25) is 4.79 Å². The van der Waals surface area contributed by atoms with Crippen LogP contribution < -0.4 is 4.90 Å². The lowest BCUT2D eigenvalue weighted by atomic mass is 10.1. The summed E-state index contributed by atoms with van der Waals surface area (Å²) in [6, 6.07) is 13.3. The first-order chi connectivity index (χ1) is 16.6. The van der Waals surface area contributed by atoms with E-state index in [-0.39, 0.29) is 37.1 Å². The molecule has 0 unspecified atom stereocenters. The molecule has 0 fully saturated rings. The number of benzene rings is 2. The average Bonchev–Trinajstić information content (AvgIpc) is 3.14. The van der Waals surface area contributed by atoms with Gasteiger partial charge in [-0.1, -0.05) is 18.2 Å². The van der Waals surface area contributed by atoms with Crippen molar-refractivity contribution < 1.29 is 33.3 Å². The first kappa shape index (κ1) is 24.3. The molecule has 0 aliphatic carbocycles. The van der Waals surface area contributed by atoms with Gasteiger partial charge < -0.3 is 28.4 Å². The Morgan fingerprint density at radius 1 is 0.943 bits per heavy atom. The van der Waals surface area contributed by atoms with Gasteiger partial charge in [-0.2, -0.15) is 0 Å². The summed E-state index contributed by atoms with van der Waals surface area (Å²) in [5.41, 5.74) is 1.89. The standard InChI is InChI=1S/C26H28N2O7/c1-26(2,3)35-22(29)13-27-20-9-7-6-8-17(20)18-12-16(10-11-21(18)27)28-15-34-14-19(24(30)32-4)23(28)25(31)33-5/h6-12H,13-15H2,1-5H3. The molecular weight excluding hydrogens is 452 g/mol. The van der Waals surface area contributed by atoms with E-state index >= 15 is 0 Å². The molecule has 184 valence electrons. The number of carbonyl (C=O) groups excluding carboxylic acids is 3. The third-order valence-electron chi connectivity index (χ3n) is 5.61. The first-order valence-electron chi connectivity index (χ1n) is 11.1. The zero-order chi connectivity index (χ0) is 25.3. The fourth-order valence-electron chi connectivity index (χ4n) is 4.23. The van der Waals surface area contributed by atoms with Crippen molar-refractivity contribution in [1.29, 1.82) is 0 Å². The number of rotatable bonds is 5. The van der Waals surface area contributed by atoms with E-state index in [0.717, 1.165) is 21.8 Å². The largest absolute Gasteiger partial charge is 0.466 e. The Morgan fingerprint density at radius 2 is 1.63 bits per heavy atom. The molecule has 0 saturated heterocycles. The summed E-state index contributed by atoms with van der Waals surface area (Å²) >= 11 is 0. The van der Waals surface area contributed by atoms with Gasteiger partial charge in [-0.15, -0.1) is 0 Å². The van der Waals surface area contributed by atoms with Gasteiger partial charge in [0.15, 0.2) is 0 Å². The maximum atomic E-state index is 12.7. The molecule has 9 nitrogen and oxygen atoms in total. The summed E-state index contributed by atoms with van der Waals surface area (Å²) < 4.78 is 22.8. The minimum atomic E-state index is -0.666. The van der Waals surface area contributed by atoms with Crippen molar-refractivity contribution in [3.05, 3.63) is 53.7 Å². The molecule has 35 heavy (non-hydrogen) atoms. The van der Waals surface area contributed by atoms with Crippen LogP contribution in [-0.2, 0) is 39.9 Å². The zero-order valence-electron chi connectivity index (χ0n) is 20.4. The van der Waals surface area contributed by atoms with Crippen LogP contribution in [0.25, 0.3) is 21.8 Å². The molecule has 0 spiro atoms. The topological polar surface area (TPSA) is 96.3 Å². The Bertz CT molecular complexity index is 1350. The molecule has 3 aromatic rings. The van der Waals surface area contributed by atoms with Gasteiger partial charge in [0.1, 0.15) is 24.6 Å². The second-order valence-electron chi connectivity index (χ2n) is 9.11. The van der Waals surface area contributed by atoms with E-state index in [0.29, 0.717) is 5.69 Å². The van der Waals surface area contributed by atoms with Gasteiger partial charge in [-0.05, 0) is 45.0 Å². The van der Waals surface area contributed by atoms with Crippen LogP contribution >= 0.6 is 0 Å². The summed E-state index contributed by atoms with van der Waals surface area (Å²) in [4.78, 5) is 39.2. The van der Waals surface area contributed by atoms with Crippen LogP contribution in [0.1, 0.15) is 20.8 Å². The molecule has 0 N–H and O–H groups in total. The number of hydrogen-bond acceptors (Lipinski definition) is 8. The highest BCUT2D eigenvalue weighted by Crippen LogP contribution is 2.34. The Balaban J connectivity index is 1.84. The highest BCUT2D eigenvalue weighted by molar-refractivity contribution is 6.10. The molecule has 4 rings (SSSR count). The van der Waals surface area contributed by atoms with Crippen LogP contribution in [-0.4, -0.2) is 55.6 Å². The molecule has 2 aromatic carbocycles. The number of hydrogen-bond donors (Lipinski definition) is 0. The SMILES string of the molecule is COC(=O)C1=C(C(=O)OC)N(c2ccc3c(c2)c2ccccc2n3CC(=O)OC(C)(C)C)COC1. The van der Waals surface area contributed by atoms with Crippen LogP contribution in [0, 0.1) is 0 Å². The van der Waals surface area contributed by atoms with Gasteiger partial charge >= 0.3 is 17.9 Å². The Morgan fingerprint density at radius 3 is 2.31 bits per heavy atom. The zero-order valence-corrected chi connectivity index (χ0v) is 20.4. The number of carbonyl (C=O) groups is 3. The third kappa shape index (κ3) is 4.72. The number of esters is 3. The molecule has 1 aliphatic heterocycles. The number of ether oxygens (including phenoxy) is 4. The predicted octanol–water partition coefficient (Wildman–Crippen LogP) is 3.53. The number of para-hydroxylation sites is 1. The molecule has 0 bridgehead atoms. The highest BCUT2D eigenvalue weighted by atomic mass is 16.6. The minimum absolute atomic E-state index is 0.0486. The second kappa shape index (κ2) is 9.42. The van der Waals surface area contributed by atoms with E-state index in [4.69, 9.17) is 18.9 Å². The molecule has 9 heteroatoms. The normalized spacial score (nSPS) is 14.4. The van der Waals surface area contributed by atoms with Gasteiger partial charge in [0, 0.05) is 27.5 Å². The molecule has 1 aliphatic rings. The van der Waals surface area contributed by atoms with Crippen LogP contribution in [0.5, 0.6) is 0 Å². The molecule has 0 saturated carbocycles. The number of aromatic nitrogens is 1. The second-order valence-corrected chi connectivity index (χ2v) is 9.11. The Labute approximate surface area is 202 Å². The van der Waals surface area contributed by atoms with Gasteiger partial charge in [0.25, 0.3) is 0 Å². The molecular formula is C26H28N2O7. The average molecular weight is 481 g/mol. The van der Waals surface area contributed by atoms with Gasteiger partial charge in [-0.25, -0.2) is 9.59 Å². The molecule has 2 heterocycles. The lowest BCUT2D eigenvalue weighted by molar-refractivity contribution is -0.155. The van der Waals surface area contributed by atoms with E-state index in [2.05, 4.69) is 0 Å². The van der Waals surface area contributed by atoms with Gasteiger partial charge in [0.05, 0.1) is 26.4 Å². The lowest BCUT2D eigenvalue weighted by Crippen LogP contribution is -2.38. The maximum absolute atomic E-state index is 12.7. The monoisotopic (exact) mass is 480 g/mol. The minimum Gasteiger partial charge on any atom is -0.466 e. The van der Waals surface area contributed by atoms with E-state index in [1.807, 2.05) is 61.7 Å². The summed E-state index contributed by atoms with van der Waals surface area (Å²) in [6.45, 7) is 5.53. The maximum Gasteiger partial charge on any atom is 0.355 e. The third-order valence-corrected chi connectivity index (χ3v) is 5.61. The fraction of sp³-hybridized carbons (Fsp3) is 0.346. The molecule has 0 amide bonds. The van der Waals surface area contributed by atoms with Crippen LogP contribution in [0.15, 0.2) is 53.7 Å². The number of fused-ring (bicyclic) bond motifs is 3. The lowest BCUT2D eigenvalue weighted by Gasteiger charge is -2.31. The van der Waals surface area contributed by atoms with Crippen molar-refractivity contribution in [3.63, 3.8) is 0 Å². The number of anilines is 1. The Kier molecular flexibility index (Phi) is 6.53. The smallest absolute Gasteiger partial charge is 0.355 e. The number of methoxy groups -OCH3 is 2. The van der Waals surface area contributed by atoms with Crippen LogP contribution in [0.4, 0.5) is 5.69 Å². The number of nitrogens with zero attached hydrogens (tertiary/aromatic N) is 2. The van der Waals surface area contributed by atoms with Crippen LogP contribution in [0.2, 0.25) is 0 Å². The van der Waals surface area contributed by atoms with Crippen molar-refractivity contribution in [2.75, 3.05) is 32.5 Å². The summed E-state index contributed by atoms with van der Waals surface area (Å²) in [5, 5.41) is 1.80. The summed E-state index contributed by atoms with van der Waals surface area (Å²) in [6.07, 6.45) is 0. The van der Waals surface area contributed by atoms with Crippen molar-refractivity contribution in [2.45, 2.75) is 32.9 Å².